The fourth-order valence-corrected chi connectivity index (χ4v) is 2.62. The number of halogens is 1. The molecule has 0 amide bonds. The van der Waals surface area contributed by atoms with Gasteiger partial charge in [0, 0.05) is 30.3 Å². The van der Waals surface area contributed by atoms with Gasteiger partial charge in [0.25, 0.3) is 0 Å². The maximum absolute atomic E-state index is 10.00. The third-order valence-corrected chi connectivity index (χ3v) is 3.83. The fraction of sp³-hybridized carbons (Fsp3) is 0.571. The third-order valence-electron chi connectivity index (χ3n) is 3.59. The summed E-state index contributed by atoms with van der Waals surface area (Å²) in [6.45, 7) is 4.51. The molecular formula is C14H21ClN2O. The lowest BCUT2D eigenvalue weighted by Crippen LogP contribution is -2.42. The number of aliphatic hydroxyl groups is 1. The van der Waals surface area contributed by atoms with E-state index >= 15 is 0 Å². The summed E-state index contributed by atoms with van der Waals surface area (Å²) in [5.41, 5.74) is 1.93. The van der Waals surface area contributed by atoms with Crippen molar-refractivity contribution in [1.29, 1.82) is 0 Å². The number of anilines is 1. The van der Waals surface area contributed by atoms with E-state index in [0.29, 0.717) is 0 Å². The summed E-state index contributed by atoms with van der Waals surface area (Å²) in [6, 6.07) is 6.03. The van der Waals surface area contributed by atoms with Crippen molar-refractivity contribution in [2.45, 2.75) is 31.9 Å². The highest BCUT2D eigenvalue weighted by atomic mass is 35.5. The normalized spacial score (nSPS) is 19.0. The molecule has 0 spiro atoms. The van der Waals surface area contributed by atoms with Crippen LogP contribution >= 0.6 is 11.6 Å². The van der Waals surface area contributed by atoms with Gasteiger partial charge in [-0.1, -0.05) is 11.6 Å². The van der Waals surface area contributed by atoms with E-state index < -0.39 is 5.60 Å². The summed E-state index contributed by atoms with van der Waals surface area (Å²) >= 11 is 6.05. The number of rotatable bonds is 3. The second-order valence-electron chi connectivity index (χ2n) is 5.29. The molecule has 0 aromatic heterocycles. The summed E-state index contributed by atoms with van der Waals surface area (Å²) in [6.07, 6.45) is 1.63. The number of hydrogen-bond acceptors (Lipinski definition) is 3. The Hall–Kier alpha value is -0.770. The minimum Gasteiger partial charge on any atom is -0.390 e. The molecular weight excluding hydrogens is 248 g/mol. The van der Waals surface area contributed by atoms with Gasteiger partial charge in [0.15, 0.2) is 0 Å². The van der Waals surface area contributed by atoms with Gasteiger partial charge in [-0.25, -0.2) is 0 Å². The molecule has 1 saturated heterocycles. The average molecular weight is 269 g/mol. The van der Waals surface area contributed by atoms with Gasteiger partial charge >= 0.3 is 0 Å². The minimum absolute atomic E-state index is 0.508. The van der Waals surface area contributed by atoms with Crippen LogP contribution in [0.4, 0.5) is 5.69 Å². The first kappa shape index (κ1) is 13.7. The highest BCUT2D eigenvalue weighted by molar-refractivity contribution is 6.30. The Balaban J connectivity index is 2.18. The minimum atomic E-state index is -0.508. The lowest BCUT2D eigenvalue weighted by molar-refractivity contribution is 0.0351. The van der Waals surface area contributed by atoms with Gasteiger partial charge in [0.1, 0.15) is 0 Å². The molecule has 0 atom stereocenters. The van der Waals surface area contributed by atoms with E-state index in [1.807, 2.05) is 26.1 Å². The van der Waals surface area contributed by atoms with Crippen LogP contribution < -0.4 is 10.2 Å². The monoisotopic (exact) mass is 268 g/mol. The molecule has 0 saturated carbocycles. The molecule has 1 heterocycles. The summed E-state index contributed by atoms with van der Waals surface area (Å²) in [4.78, 5) is 2.33. The molecule has 18 heavy (non-hydrogen) atoms. The van der Waals surface area contributed by atoms with E-state index in [-0.39, 0.29) is 0 Å². The molecule has 0 bridgehead atoms. The van der Waals surface area contributed by atoms with Crippen LogP contribution in [-0.2, 0) is 6.54 Å². The summed E-state index contributed by atoms with van der Waals surface area (Å²) in [7, 11) is 1.94. The predicted octanol–water partition coefficient (Wildman–Crippen LogP) is 2.41. The molecule has 1 aliphatic rings. The predicted molar refractivity (Wildman–Crippen MR) is 76.3 cm³/mol. The first-order valence-corrected chi connectivity index (χ1v) is 6.80. The van der Waals surface area contributed by atoms with E-state index in [1.165, 1.54) is 11.3 Å². The van der Waals surface area contributed by atoms with Crippen molar-refractivity contribution in [3.8, 4) is 0 Å². The van der Waals surface area contributed by atoms with Crippen molar-refractivity contribution >= 4 is 17.3 Å². The van der Waals surface area contributed by atoms with Crippen molar-refractivity contribution < 1.29 is 5.11 Å². The van der Waals surface area contributed by atoms with Crippen molar-refractivity contribution in [3.63, 3.8) is 0 Å². The first-order valence-electron chi connectivity index (χ1n) is 6.42. The van der Waals surface area contributed by atoms with E-state index in [0.717, 1.165) is 37.5 Å². The molecule has 3 nitrogen and oxygen atoms in total. The van der Waals surface area contributed by atoms with E-state index in [9.17, 15) is 5.11 Å². The van der Waals surface area contributed by atoms with Gasteiger partial charge < -0.3 is 15.3 Å². The lowest BCUT2D eigenvalue weighted by atomic mass is 9.93. The van der Waals surface area contributed by atoms with Crippen molar-refractivity contribution in [2.75, 3.05) is 25.0 Å². The number of piperidine rings is 1. The highest BCUT2D eigenvalue weighted by Crippen LogP contribution is 2.29. The Bertz CT molecular complexity index is 410. The van der Waals surface area contributed by atoms with Crippen LogP contribution in [0.15, 0.2) is 18.2 Å². The van der Waals surface area contributed by atoms with Crippen LogP contribution in [0.1, 0.15) is 25.3 Å². The lowest BCUT2D eigenvalue weighted by Gasteiger charge is -2.38. The number of benzene rings is 1. The fourth-order valence-electron chi connectivity index (χ4n) is 2.42. The largest absolute Gasteiger partial charge is 0.390 e. The van der Waals surface area contributed by atoms with Gasteiger partial charge in [-0.2, -0.15) is 0 Å². The molecule has 1 aliphatic heterocycles. The Kier molecular flexibility index (Phi) is 4.15. The molecule has 1 aromatic rings. The van der Waals surface area contributed by atoms with Crippen molar-refractivity contribution in [2.24, 2.45) is 0 Å². The highest BCUT2D eigenvalue weighted by Gasteiger charge is 2.28. The second-order valence-corrected chi connectivity index (χ2v) is 5.72. The van der Waals surface area contributed by atoms with Crippen molar-refractivity contribution in [1.82, 2.24) is 5.32 Å². The molecule has 100 valence electrons. The quantitative estimate of drug-likeness (QED) is 0.884. The molecule has 2 rings (SSSR count). The number of hydrogen-bond donors (Lipinski definition) is 2. The van der Waals surface area contributed by atoms with E-state index in [2.05, 4.69) is 16.3 Å². The average Bonchev–Trinajstić information content (AvgIpc) is 2.31. The maximum Gasteiger partial charge on any atom is 0.0653 e. The van der Waals surface area contributed by atoms with Gasteiger partial charge in [0.2, 0.25) is 0 Å². The Labute approximate surface area is 114 Å². The summed E-state index contributed by atoms with van der Waals surface area (Å²) < 4.78 is 0. The zero-order chi connectivity index (χ0) is 13.2. The SMILES string of the molecule is CNCc1cc(Cl)ccc1N1CCC(C)(O)CC1. The zero-order valence-corrected chi connectivity index (χ0v) is 11.8. The molecule has 0 unspecified atom stereocenters. The van der Waals surface area contributed by atoms with Crippen LogP contribution in [-0.4, -0.2) is 30.8 Å². The summed E-state index contributed by atoms with van der Waals surface area (Å²) in [5, 5.41) is 13.9. The molecule has 4 heteroatoms. The molecule has 2 N–H and O–H groups in total. The van der Waals surface area contributed by atoms with Gasteiger partial charge in [0.05, 0.1) is 5.60 Å². The standard InChI is InChI=1S/C14H21ClN2O/c1-14(18)5-7-17(8-6-14)13-4-3-12(15)9-11(13)10-16-2/h3-4,9,16,18H,5-8,10H2,1-2H3. The van der Waals surface area contributed by atoms with E-state index in [4.69, 9.17) is 11.6 Å². The smallest absolute Gasteiger partial charge is 0.0653 e. The number of nitrogens with one attached hydrogen (secondary N) is 1. The molecule has 0 aliphatic carbocycles. The van der Waals surface area contributed by atoms with Gasteiger partial charge in [-0.05, 0) is 50.6 Å². The number of nitrogens with zero attached hydrogens (tertiary/aromatic N) is 1. The molecule has 1 aromatic carbocycles. The van der Waals surface area contributed by atoms with Crippen LogP contribution in [0.5, 0.6) is 0 Å². The van der Waals surface area contributed by atoms with E-state index in [1.54, 1.807) is 0 Å². The molecule has 0 radical (unpaired) electrons. The van der Waals surface area contributed by atoms with Crippen LogP contribution in [0.2, 0.25) is 5.02 Å². The first-order chi connectivity index (χ1) is 8.52. The third kappa shape index (κ3) is 3.16. The van der Waals surface area contributed by atoms with Crippen LogP contribution in [0.25, 0.3) is 0 Å². The summed E-state index contributed by atoms with van der Waals surface area (Å²) in [5.74, 6) is 0. The van der Waals surface area contributed by atoms with Crippen molar-refractivity contribution in [3.05, 3.63) is 28.8 Å². The zero-order valence-electron chi connectivity index (χ0n) is 11.0. The molecule has 1 fully saturated rings. The Morgan fingerprint density at radius 1 is 1.39 bits per heavy atom. The Morgan fingerprint density at radius 2 is 2.06 bits per heavy atom. The van der Waals surface area contributed by atoms with Gasteiger partial charge in [-0.3, -0.25) is 0 Å². The van der Waals surface area contributed by atoms with Gasteiger partial charge in [-0.15, -0.1) is 0 Å². The Morgan fingerprint density at radius 3 is 2.67 bits per heavy atom. The van der Waals surface area contributed by atoms with Crippen LogP contribution in [0.3, 0.4) is 0 Å². The van der Waals surface area contributed by atoms with Crippen LogP contribution in [0, 0.1) is 0 Å². The maximum atomic E-state index is 10.00. The topological polar surface area (TPSA) is 35.5 Å². The second kappa shape index (κ2) is 5.47.